The van der Waals surface area contributed by atoms with E-state index in [1.54, 1.807) is 18.2 Å². The van der Waals surface area contributed by atoms with Crippen molar-refractivity contribution in [2.75, 3.05) is 5.32 Å². The van der Waals surface area contributed by atoms with Gasteiger partial charge in [0.2, 0.25) is 5.91 Å². The Kier molecular flexibility index (Phi) is 3.99. The highest BCUT2D eigenvalue weighted by molar-refractivity contribution is 5.84. The lowest BCUT2D eigenvalue weighted by atomic mass is 9.96. The highest BCUT2D eigenvalue weighted by Crippen LogP contribution is 2.48. The standard InChI is InChI=1S/C18H17F3N2O/c19-18(20,21)14-3-1-2-4-15(14)23-13-7-5-12(6-8-13)11-17(9-10-17)16(22)24/h1-8,23H,9-11H2,(H2,22,24). The first-order chi connectivity index (χ1) is 11.3. The third-order valence-corrected chi connectivity index (χ3v) is 4.38. The summed E-state index contributed by atoms with van der Waals surface area (Å²) in [4.78, 5) is 11.4. The van der Waals surface area contributed by atoms with Crippen molar-refractivity contribution in [3.8, 4) is 0 Å². The number of rotatable bonds is 5. The van der Waals surface area contributed by atoms with E-state index in [0.29, 0.717) is 12.1 Å². The summed E-state index contributed by atoms with van der Waals surface area (Å²) >= 11 is 0. The lowest BCUT2D eigenvalue weighted by molar-refractivity contribution is -0.137. The second kappa shape index (κ2) is 5.85. The number of nitrogens with one attached hydrogen (secondary N) is 1. The monoisotopic (exact) mass is 334 g/mol. The number of primary amides is 1. The quantitative estimate of drug-likeness (QED) is 0.858. The van der Waals surface area contributed by atoms with Gasteiger partial charge in [0.05, 0.1) is 16.7 Å². The van der Waals surface area contributed by atoms with E-state index in [4.69, 9.17) is 5.73 Å². The molecule has 126 valence electrons. The van der Waals surface area contributed by atoms with Gasteiger partial charge in [-0.15, -0.1) is 0 Å². The summed E-state index contributed by atoms with van der Waals surface area (Å²) in [6, 6.07) is 12.4. The molecule has 0 spiro atoms. The third kappa shape index (κ3) is 3.37. The molecule has 1 fully saturated rings. The highest BCUT2D eigenvalue weighted by Gasteiger charge is 2.48. The van der Waals surface area contributed by atoms with E-state index in [1.165, 1.54) is 12.1 Å². The summed E-state index contributed by atoms with van der Waals surface area (Å²) in [5, 5.41) is 2.80. The summed E-state index contributed by atoms with van der Waals surface area (Å²) in [5.74, 6) is -0.288. The van der Waals surface area contributed by atoms with Crippen LogP contribution in [-0.4, -0.2) is 5.91 Å². The van der Waals surface area contributed by atoms with Gasteiger partial charge in [-0.1, -0.05) is 24.3 Å². The van der Waals surface area contributed by atoms with Crippen LogP contribution in [0.3, 0.4) is 0 Å². The van der Waals surface area contributed by atoms with Crippen LogP contribution < -0.4 is 11.1 Å². The van der Waals surface area contributed by atoms with Gasteiger partial charge in [-0.2, -0.15) is 13.2 Å². The molecule has 24 heavy (non-hydrogen) atoms. The smallest absolute Gasteiger partial charge is 0.369 e. The lowest BCUT2D eigenvalue weighted by Crippen LogP contribution is -2.26. The number of alkyl halides is 3. The predicted molar refractivity (Wildman–Crippen MR) is 85.7 cm³/mol. The molecule has 3 N–H and O–H groups in total. The maximum Gasteiger partial charge on any atom is 0.418 e. The molecule has 0 unspecified atom stereocenters. The van der Waals surface area contributed by atoms with E-state index < -0.39 is 17.2 Å². The van der Waals surface area contributed by atoms with Crippen LogP contribution in [0.2, 0.25) is 0 Å². The number of anilines is 2. The molecule has 0 bridgehead atoms. The number of carbonyl (C=O) groups excluding carboxylic acids is 1. The maximum atomic E-state index is 13.0. The Morgan fingerprint density at radius 2 is 1.71 bits per heavy atom. The van der Waals surface area contributed by atoms with E-state index in [-0.39, 0.29) is 11.6 Å². The number of nitrogens with two attached hydrogens (primary N) is 1. The molecule has 0 radical (unpaired) electrons. The van der Waals surface area contributed by atoms with E-state index in [1.807, 2.05) is 12.1 Å². The van der Waals surface area contributed by atoms with Crippen molar-refractivity contribution in [3.63, 3.8) is 0 Å². The second-order valence-electron chi connectivity index (χ2n) is 6.19. The third-order valence-electron chi connectivity index (χ3n) is 4.38. The zero-order valence-electron chi connectivity index (χ0n) is 12.9. The molecule has 0 aliphatic heterocycles. The first-order valence-corrected chi connectivity index (χ1v) is 7.62. The molecule has 2 aromatic rings. The molecule has 3 nitrogen and oxygen atoms in total. The van der Waals surface area contributed by atoms with Crippen molar-refractivity contribution in [2.24, 2.45) is 11.1 Å². The van der Waals surface area contributed by atoms with Crippen LogP contribution >= 0.6 is 0 Å². The van der Waals surface area contributed by atoms with Crippen LogP contribution in [0.15, 0.2) is 48.5 Å². The van der Waals surface area contributed by atoms with Gasteiger partial charge in [0, 0.05) is 5.69 Å². The summed E-state index contributed by atoms with van der Waals surface area (Å²) < 4.78 is 39.0. The first kappa shape index (κ1) is 16.4. The number of benzene rings is 2. The second-order valence-corrected chi connectivity index (χ2v) is 6.19. The molecule has 0 heterocycles. The molecule has 1 amide bonds. The number of hydrogen-bond acceptors (Lipinski definition) is 2. The van der Waals surface area contributed by atoms with Crippen LogP contribution in [0.4, 0.5) is 24.5 Å². The molecular weight excluding hydrogens is 317 g/mol. The van der Waals surface area contributed by atoms with Crippen LogP contribution in [0.1, 0.15) is 24.0 Å². The SMILES string of the molecule is NC(=O)C1(Cc2ccc(Nc3ccccc3C(F)(F)F)cc2)CC1. The molecule has 0 saturated heterocycles. The zero-order valence-corrected chi connectivity index (χ0v) is 12.9. The minimum Gasteiger partial charge on any atom is -0.369 e. The van der Waals surface area contributed by atoms with Crippen LogP contribution in [0.25, 0.3) is 0 Å². The van der Waals surface area contributed by atoms with Gasteiger partial charge < -0.3 is 11.1 Å². The first-order valence-electron chi connectivity index (χ1n) is 7.62. The lowest BCUT2D eigenvalue weighted by Gasteiger charge is -2.15. The number of para-hydroxylation sites is 1. The van der Waals surface area contributed by atoms with Crippen LogP contribution in [0.5, 0.6) is 0 Å². The Balaban J connectivity index is 1.75. The number of halogens is 3. The number of amides is 1. The van der Waals surface area contributed by atoms with Crippen molar-refractivity contribution in [1.82, 2.24) is 0 Å². The van der Waals surface area contributed by atoms with E-state index in [9.17, 15) is 18.0 Å². The van der Waals surface area contributed by atoms with Gasteiger partial charge in [-0.05, 0) is 49.1 Å². The van der Waals surface area contributed by atoms with E-state index >= 15 is 0 Å². The van der Waals surface area contributed by atoms with Gasteiger partial charge in [0.1, 0.15) is 0 Å². The van der Waals surface area contributed by atoms with Gasteiger partial charge in [0.25, 0.3) is 0 Å². The Morgan fingerprint density at radius 1 is 1.08 bits per heavy atom. The summed E-state index contributed by atoms with van der Waals surface area (Å²) in [5.41, 5.74) is 5.78. The average Bonchev–Trinajstić information content (AvgIpc) is 3.30. The normalized spacial score (nSPS) is 15.8. The fourth-order valence-corrected chi connectivity index (χ4v) is 2.75. The van der Waals surface area contributed by atoms with Crippen molar-refractivity contribution >= 4 is 17.3 Å². The minimum atomic E-state index is -4.41. The fourth-order valence-electron chi connectivity index (χ4n) is 2.75. The Hall–Kier alpha value is -2.50. The Bertz CT molecular complexity index is 750. The van der Waals surface area contributed by atoms with Crippen molar-refractivity contribution < 1.29 is 18.0 Å². The van der Waals surface area contributed by atoms with Gasteiger partial charge in [0.15, 0.2) is 0 Å². The zero-order chi connectivity index (χ0) is 17.4. The van der Waals surface area contributed by atoms with Crippen LogP contribution in [-0.2, 0) is 17.4 Å². The molecule has 6 heteroatoms. The topological polar surface area (TPSA) is 55.1 Å². The average molecular weight is 334 g/mol. The molecule has 3 rings (SSSR count). The highest BCUT2D eigenvalue weighted by atomic mass is 19.4. The van der Waals surface area contributed by atoms with Crippen LogP contribution in [0, 0.1) is 5.41 Å². The summed E-state index contributed by atoms with van der Waals surface area (Å²) in [7, 11) is 0. The fraction of sp³-hybridized carbons (Fsp3) is 0.278. The molecule has 2 aromatic carbocycles. The molecule has 1 aliphatic carbocycles. The van der Waals surface area contributed by atoms with Gasteiger partial charge >= 0.3 is 6.18 Å². The van der Waals surface area contributed by atoms with Gasteiger partial charge in [-0.25, -0.2) is 0 Å². The summed E-state index contributed by atoms with van der Waals surface area (Å²) in [6.07, 6.45) is -2.26. The molecular formula is C18H17F3N2O. The predicted octanol–water partition coefficient (Wildman–Crippen LogP) is 4.26. The Labute approximate surface area is 137 Å². The van der Waals surface area contributed by atoms with E-state index in [2.05, 4.69) is 5.32 Å². The van der Waals surface area contributed by atoms with Crippen molar-refractivity contribution in [1.29, 1.82) is 0 Å². The number of carbonyl (C=O) groups is 1. The van der Waals surface area contributed by atoms with Crippen molar-refractivity contribution in [3.05, 3.63) is 59.7 Å². The largest absolute Gasteiger partial charge is 0.418 e. The Morgan fingerprint density at radius 3 is 2.25 bits per heavy atom. The molecule has 1 saturated carbocycles. The number of hydrogen-bond donors (Lipinski definition) is 2. The summed E-state index contributed by atoms with van der Waals surface area (Å²) in [6.45, 7) is 0. The van der Waals surface area contributed by atoms with Crippen molar-refractivity contribution in [2.45, 2.75) is 25.4 Å². The van der Waals surface area contributed by atoms with E-state index in [0.717, 1.165) is 24.5 Å². The molecule has 1 aliphatic rings. The van der Waals surface area contributed by atoms with Gasteiger partial charge in [-0.3, -0.25) is 4.79 Å². The maximum absolute atomic E-state index is 13.0. The minimum absolute atomic E-state index is 0.00792. The molecule has 0 atom stereocenters. The molecule has 0 aromatic heterocycles.